The van der Waals surface area contributed by atoms with E-state index in [0.717, 1.165) is 43.0 Å². The van der Waals surface area contributed by atoms with Crippen molar-refractivity contribution in [2.75, 3.05) is 36.4 Å². The van der Waals surface area contributed by atoms with Crippen LogP contribution in [0, 0.1) is 11.7 Å². The minimum atomic E-state index is -0.388. The fraction of sp³-hybridized carbons (Fsp3) is 0.500. The summed E-state index contributed by atoms with van der Waals surface area (Å²) < 4.78 is 14.8. The molecule has 8 heteroatoms. The Balaban J connectivity index is 1.37. The number of pyridine rings is 2. The lowest BCUT2D eigenvalue weighted by molar-refractivity contribution is -0.107. The smallest absolute Gasteiger partial charge is 0.167 e. The Labute approximate surface area is 180 Å². The van der Waals surface area contributed by atoms with Crippen molar-refractivity contribution in [1.29, 1.82) is 0 Å². The van der Waals surface area contributed by atoms with E-state index in [9.17, 15) is 9.18 Å². The lowest BCUT2D eigenvalue weighted by Crippen LogP contribution is -2.43. The van der Waals surface area contributed by atoms with Gasteiger partial charge in [0.25, 0.3) is 0 Å². The molecule has 158 valence electrons. The second kappa shape index (κ2) is 8.51. The molecule has 1 saturated heterocycles. The van der Waals surface area contributed by atoms with Crippen LogP contribution in [0.5, 0.6) is 0 Å². The molecule has 2 aliphatic heterocycles. The third kappa shape index (κ3) is 3.78. The maximum atomic E-state index is 14.8. The van der Waals surface area contributed by atoms with Crippen molar-refractivity contribution in [1.82, 2.24) is 15.3 Å². The number of anilines is 3. The first kappa shape index (κ1) is 19.8. The number of nitrogens with one attached hydrogen (secondary N) is 2. The molecule has 2 fully saturated rings. The molecule has 5 rings (SSSR count). The van der Waals surface area contributed by atoms with Gasteiger partial charge in [0.2, 0.25) is 0 Å². The summed E-state index contributed by atoms with van der Waals surface area (Å²) in [5, 5.41) is 6.30. The van der Waals surface area contributed by atoms with E-state index in [1.165, 1.54) is 37.3 Å². The third-order valence-electron chi connectivity index (χ3n) is 6.47. The van der Waals surface area contributed by atoms with Gasteiger partial charge in [0, 0.05) is 49.3 Å². The van der Waals surface area contributed by atoms with E-state index in [4.69, 9.17) is 0 Å². The van der Waals surface area contributed by atoms with E-state index in [2.05, 4.69) is 25.5 Å². The van der Waals surface area contributed by atoms with Gasteiger partial charge in [0.15, 0.2) is 11.6 Å². The Hall–Kier alpha value is -2.19. The Morgan fingerprint density at radius 1 is 1.17 bits per heavy atom. The van der Waals surface area contributed by atoms with Crippen LogP contribution in [-0.2, 0) is 4.79 Å². The predicted molar refractivity (Wildman–Crippen MR) is 117 cm³/mol. The molecule has 4 heterocycles. The topological polar surface area (TPSA) is 70.2 Å². The molecular formula is C22H26FN5OS. The Bertz CT molecular complexity index is 930. The zero-order valence-electron chi connectivity index (χ0n) is 16.8. The van der Waals surface area contributed by atoms with Gasteiger partial charge in [-0.2, -0.15) is 0 Å². The van der Waals surface area contributed by atoms with Gasteiger partial charge in [-0.1, -0.05) is 12.8 Å². The zero-order chi connectivity index (χ0) is 20.5. The maximum Gasteiger partial charge on any atom is 0.167 e. The molecule has 1 aliphatic carbocycles. The molecule has 2 aromatic heterocycles. The summed E-state index contributed by atoms with van der Waals surface area (Å²) in [7, 11) is 0. The highest BCUT2D eigenvalue weighted by Gasteiger charge is 2.39. The summed E-state index contributed by atoms with van der Waals surface area (Å²) >= 11 is 1.61. The van der Waals surface area contributed by atoms with Crippen molar-refractivity contribution >= 4 is 35.4 Å². The molecule has 0 aromatic carbocycles. The van der Waals surface area contributed by atoms with Crippen LogP contribution in [-0.4, -0.2) is 47.7 Å². The number of piperazine rings is 1. The number of carbonyl (C=O) groups is 1. The van der Waals surface area contributed by atoms with Gasteiger partial charge in [0.1, 0.15) is 12.1 Å². The van der Waals surface area contributed by atoms with Crippen LogP contribution in [0.4, 0.5) is 21.7 Å². The fourth-order valence-corrected chi connectivity index (χ4v) is 6.28. The lowest BCUT2D eigenvalue weighted by atomic mass is 9.83. The molecule has 2 unspecified atom stereocenters. The predicted octanol–water partition coefficient (Wildman–Crippen LogP) is 3.72. The molecule has 0 spiro atoms. The second-order valence-electron chi connectivity index (χ2n) is 8.28. The van der Waals surface area contributed by atoms with Crippen molar-refractivity contribution in [2.24, 2.45) is 5.92 Å². The molecule has 0 radical (unpaired) electrons. The minimum Gasteiger partial charge on any atom is -0.368 e. The van der Waals surface area contributed by atoms with E-state index < -0.39 is 0 Å². The number of carbonyl (C=O) groups excluding carboxylic acids is 1. The molecule has 0 bridgehead atoms. The van der Waals surface area contributed by atoms with Crippen LogP contribution in [0.1, 0.15) is 37.2 Å². The van der Waals surface area contributed by atoms with Crippen LogP contribution >= 0.6 is 11.8 Å². The van der Waals surface area contributed by atoms with Crippen LogP contribution in [0.25, 0.3) is 0 Å². The molecule has 0 amide bonds. The summed E-state index contributed by atoms with van der Waals surface area (Å²) in [6.45, 7) is 3.47. The van der Waals surface area contributed by atoms with Crippen LogP contribution < -0.4 is 15.5 Å². The molecule has 6 nitrogen and oxygen atoms in total. The SMILES string of the molecule is O=CC1Sc2cnc(Nc3ncc(N4CCNCC4)cc3F)cc2C1C1CCCC1. The number of halogens is 1. The number of thioether (sulfide) groups is 1. The van der Waals surface area contributed by atoms with Gasteiger partial charge in [-0.15, -0.1) is 11.8 Å². The fourth-order valence-electron chi connectivity index (χ4n) is 4.97. The van der Waals surface area contributed by atoms with Crippen molar-refractivity contribution in [2.45, 2.75) is 41.7 Å². The third-order valence-corrected chi connectivity index (χ3v) is 7.74. The molecule has 2 N–H and O–H groups in total. The number of rotatable bonds is 5. The van der Waals surface area contributed by atoms with E-state index in [-0.39, 0.29) is 22.8 Å². The molecule has 2 atom stereocenters. The molecule has 2 aromatic rings. The monoisotopic (exact) mass is 427 g/mol. The summed E-state index contributed by atoms with van der Waals surface area (Å²) in [6, 6.07) is 3.52. The van der Waals surface area contributed by atoms with E-state index >= 15 is 0 Å². The normalized spacial score (nSPS) is 24.1. The molecule has 3 aliphatic rings. The first-order chi connectivity index (χ1) is 14.7. The summed E-state index contributed by atoms with van der Waals surface area (Å²) in [4.78, 5) is 23.7. The summed E-state index contributed by atoms with van der Waals surface area (Å²) in [6.07, 6.45) is 9.41. The van der Waals surface area contributed by atoms with E-state index in [1.807, 2.05) is 6.07 Å². The molecular weight excluding hydrogens is 401 g/mol. The van der Waals surface area contributed by atoms with Gasteiger partial charge in [0.05, 0.1) is 17.1 Å². The highest BCUT2D eigenvalue weighted by molar-refractivity contribution is 8.01. The Morgan fingerprint density at radius 2 is 1.97 bits per heavy atom. The standard InChI is InChI=1S/C22H26FN5OS/c23-17-9-15(28-7-5-24-6-8-28)11-26-22(17)27-20-10-16-18(12-25-20)30-19(13-29)21(16)14-3-1-2-4-14/h9-14,19,21,24H,1-8H2,(H,25,26,27). The van der Waals surface area contributed by atoms with Gasteiger partial charge < -0.3 is 20.3 Å². The van der Waals surface area contributed by atoms with E-state index in [0.29, 0.717) is 11.7 Å². The highest BCUT2D eigenvalue weighted by atomic mass is 32.2. The van der Waals surface area contributed by atoms with Gasteiger partial charge in [-0.3, -0.25) is 0 Å². The summed E-state index contributed by atoms with van der Waals surface area (Å²) in [5.41, 5.74) is 1.97. The van der Waals surface area contributed by atoms with Gasteiger partial charge >= 0.3 is 0 Å². The number of fused-ring (bicyclic) bond motifs is 1. The Kier molecular flexibility index (Phi) is 5.60. The number of nitrogens with zero attached hydrogens (tertiary/aromatic N) is 3. The maximum absolute atomic E-state index is 14.8. The minimum absolute atomic E-state index is 0.0478. The zero-order valence-corrected chi connectivity index (χ0v) is 17.6. The second-order valence-corrected chi connectivity index (χ2v) is 9.50. The van der Waals surface area contributed by atoms with Crippen molar-refractivity contribution < 1.29 is 9.18 Å². The molecule has 1 saturated carbocycles. The van der Waals surface area contributed by atoms with Crippen LogP contribution in [0.15, 0.2) is 29.4 Å². The average molecular weight is 428 g/mol. The van der Waals surface area contributed by atoms with Gasteiger partial charge in [-0.25, -0.2) is 14.4 Å². The Morgan fingerprint density at radius 3 is 2.70 bits per heavy atom. The van der Waals surface area contributed by atoms with E-state index in [1.54, 1.807) is 24.2 Å². The van der Waals surface area contributed by atoms with Gasteiger partial charge in [-0.05, 0) is 30.4 Å². The average Bonchev–Trinajstić information content (AvgIpc) is 3.42. The van der Waals surface area contributed by atoms with Crippen LogP contribution in [0.2, 0.25) is 0 Å². The summed E-state index contributed by atoms with van der Waals surface area (Å²) in [5.74, 6) is 1.13. The van der Waals surface area contributed by atoms with Crippen molar-refractivity contribution in [3.8, 4) is 0 Å². The number of hydrogen-bond acceptors (Lipinski definition) is 7. The molecule has 30 heavy (non-hydrogen) atoms. The lowest BCUT2D eigenvalue weighted by Gasteiger charge is -2.29. The number of hydrogen-bond donors (Lipinski definition) is 2. The van der Waals surface area contributed by atoms with Crippen molar-refractivity contribution in [3.63, 3.8) is 0 Å². The number of aromatic nitrogens is 2. The number of aldehydes is 1. The highest BCUT2D eigenvalue weighted by Crippen LogP contribution is 2.52. The quantitative estimate of drug-likeness (QED) is 0.705. The first-order valence-electron chi connectivity index (χ1n) is 10.7. The first-order valence-corrected chi connectivity index (χ1v) is 11.6. The van der Waals surface area contributed by atoms with Crippen LogP contribution in [0.3, 0.4) is 0 Å². The van der Waals surface area contributed by atoms with Crippen molar-refractivity contribution in [3.05, 3.63) is 35.9 Å². The largest absolute Gasteiger partial charge is 0.368 e.